The highest BCUT2D eigenvalue weighted by molar-refractivity contribution is 9.10. The van der Waals surface area contributed by atoms with Crippen molar-refractivity contribution in [2.75, 3.05) is 0 Å². The lowest BCUT2D eigenvalue weighted by Gasteiger charge is -2.33. The highest BCUT2D eigenvalue weighted by atomic mass is 79.9. The summed E-state index contributed by atoms with van der Waals surface area (Å²) in [7, 11) is 0. The van der Waals surface area contributed by atoms with Crippen LogP contribution in [0.4, 0.5) is 0 Å². The van der Waals surface area contributed by atoms with Crippen LogP contribution in [0.3, 0.4) is 0 Å². The van der Waals surface area contributed by atoms with Crippen molar-refractivity contribution in [1.29, 1.82) is 0 Å². The molecule has 3 nitrogen and oxygen atoms in total. The third-order valence-electron chi connectivity index (χ3n) is 4.45. The van der Waals surface area contributed by atoms with Gasteiger partial charge in [0.15, 0.2) is 0 Å². The van der Waals surface area contributed by atoms with Gasteiger partial charge in [0.1, 0.15) is 0 Å². The van der Waals surface area contributed by atoms with Crippen molar-refractivity contribution in [1.82, 2.24) is 4.57 Å². The van der Waals surface area contributed by atoms with Gasteiger partial charge in [0.25, 0.3) is 5.56 Å². The van der Waals surface area contributed by atoms with Crippen molar-refractivity contribution in [3.05, 3.63) is 33.2 Å². The number of hydrogen-bond acceptors (Lipinski definition) is 2. The number of halogens is 1. The predicted octanol–water partition coefficient (Wildman–Crippen LogP) is 3.49. The van der Waals surface area contributed by atoms with E-state index in [4.69, 9.17) is 4.74 Å². The zero-order chi connectivity index (χ0) is 13.3. The average molecular weight is 326 g/mol. The third kappa shape index (κ3) is 2.95. The fourth-order valence-corrected chi connectivity index (χ4v) is 3.83. The second kappa shape index (κ2) is 5.41. The average Bonchev–Trinajstić information content (AvgIpc) is 2.78. The van der Waals surface area contributed by atoms with Crippen LogP contribution in [0.15, 0.2) is 27.6 Å². The Bertz CT molecular complexity index is 505. The van der Waals surface area contributed by atoms with Crippen LogP contribution in [0.2, 0.25) is 0 Å². The maximum atomic E-state index is 11.8. The zero-order valence-corrected chi connectivity index (χ0v) is 12.7. The molecule has 1 unspecified atom stereocenters. The van der Waals surface area contributed by atoms with E-state index in [1.54, 1.807) is 16.7 Å². The Morgan fingerprint density at radius 3 is 2.84 bits per heavy atom. The van der Waals surface area contributed by atoms with Gasteiger partial charge in [-0.3, -0.25) is 4.79 Å². The van der Waals surface area contributed by atoms with E-state index < -0.39 is 0 Å². The van der Waals surface area contributed by atoms with Crippen LogP contribution in [0.1, 0.15) is 44.9 Å². The van der Waals surface area contributed by atoms with Crippen molar-refractivity contribution >= 4 is 15.9 Å². The van der Waals surface area contributed by atoms with Crippen molar-refractivity contribution in [2.45, 2.75) is 63.2 Å². The second-order valence-corrected chi connectivity index (χ2v) is 6.78. The Balaban J connectivity index is 1.68. The van der Waals surface area contributed by atoms with Gasteiger partial charge in [-0.25, -0.2) is 0 Å². The number of nitrogens with zero attached hydrogens (tertiary/aromatic N) is 1. The summed E-state index contributed by atoms with van der Waals surface area (Å²) >= 11 is 3.42. The number of hydrogen-bond donors (Lipinski definition) is 0. The van der Waals surface area contributed by atoms with E-state index in [2.05, 4.69) is 15.9 Å². The summed E-state index contributed by atoms with van der Waals surface area (Å²) in [6.45, 7) is 0.681. The molecule has 0 bridgehead atoms. The van der Waals surface area contributed by atoms with Crippen LogP contribution in [0.5, 0.6) is 0 Å². The first-order valence-electron chi connectivity index (χ1n) is 7.21. The summed E-state index contributed by atoms with van der Waals surface area (Å²) in [5, 5.41) is 0. The molecule has 3 rings (SSSR count). The maximum absolute atomic E-state index is 11.8. The lowest BCUT2D eigenvalue weighted by atomic mass is 9.83. The fourth-order valence-electron chi connectivity index (χ4n) is 3.45. The van der Waals surface area contributed by atoms with E-state index in [0.717, 1.165) is 10.9 Å². The first-order valence-corrected chi connectivity index (χ1v) is 8.00. The first kappa shape index (κ1) is 13.4. The van der Waals surface area contributed by atoms with E-state index in [1.165, 1.54) is 38.5 Å². The van der Waals surface area contributed by atoms with Crippen molar-refractivity contribution in [3.8, 4) is 0 Å². The second-order valence-electron chi connectivity index (χ2n) is 5.86. The van der Waals surface area contributed by atoms with E-state index in [0.29, 0.717) is 6.54 Å². The molecule has 2 fully saturated rings. The molecular weight excluding hydrogens is 306 g/mol. The molecule has 0 amide bonds. The summed E-state index contributed by atoms with van der Waals surface area (Å²) in [4.78, 5) is 11.8. The monoisotopic (exact) mass is 325 g/mol. The van der Waals surface area contributed by atoms with E-state index in [1.807, 2.05) is 6.20 Å². The van der Waals surface area contributed by atoms with Crippen molar-refractivity contribution in [2.24, 2.45) is 0 Å². The molecule has 1 saturated heterocycles. The molecule has 0 aromatic carbocycles. The molecule has 0 N–H and O–H groups in total. The van der Waals surface area contributed by atoms with Crippen LogP contribution in [0.25, 0.3) is 0 Å². The molecule has 1 aliphatic carbocycles. The van der Waals surface area contributed by atoms with Crippen molar-refractivity contribution < 1.29 is 4.74 Å². The minimum atomic E-state index is 0.0522. The standard InChI is InChI=1S/C15H20BrNO2/c16-12-4-5-14(18)17(10-12)11-13-6-9-15(19-13)7-2-1-3-8-15/h4-5,10,13H,1-3,6-9,11H2. The molecule has 4 heteroatoms. The highest BCUT2D eigenvalue weighted by Crippen LogP contribution is 2.42. The van der Waals surface area contributed by atoms with Crippen LogP contribution in [0, 0.1) is 0 Å². The van der Waals surface area contributed by atoms with E-state index in [9.17, 15) is 4.79 Å². The number of pyridine rings is 1. The van der Waals surface area contributed by atoms with Gasteiger partial charge in [0.05, 0.1) is 18.2 Å². The number of rotatable bonds is 2. The molecule has 2 heterocycles. The Morgan fingerprint density at radius 1 is 1.26 bits per heavy atom. The topological polar surface area (TPSA) is 31.2 Å². The van der Waals surface area contributed by atoms with Gasteiger partial charge in [0, 0.05) is 16.7 Å². The Hall–Kier alpha value is -0.610. The molecule has 1 aliphatic heterocycles. The fraction of sp³-hybridized carbons (Fsp3) is 0.667. The van der Waals surface area contributed by atoms with E-state index >= 15 is 0 Å². The molecule has 1 atom stereocenters. The molecule has 0 radical (unpaired) electrons. The Labute approximate surface area is 122 Å². The van der Waals surface area contributed by atoms with Gasteiger partial charge in [-0.05, 0) is 47.7 Å². The summed E-state index contributed by atoms with van der Waals surface area (Å²) in [5.74, 6) is 0. The largest absolute Gasteiger partial charge is 0.370 e. The predicted molar refractivity (Wildman–Crippen MR) is 78.3 cm³/mol. The minimum absolute atomic E-state index is 0.0522. The number of aromatic nitrogens is 1. The summed E-state index contributed by atoms with van der Waals surface area (Å²) < 4.78 is 9.02. The van der Waals surface area contributed by atoms with E-state index in [-0.39, 0.29) is 17.3 Å². The van der Waals surface area contributed by atoms with Crippen LogP contribution >= 0.6 is 15.9 Å². The highest BCUT2D eigenvalue weighted by Gasteiger charge is 2.40. The summed E-state index contributed by atoms with van der Waals surface area (Å²) in [6, 6.07) is 3.40. The first-order chi connectivity index (χ1) is 9.17. The molecule has 19 heavy (non-hydrogen) atoms. The molecule has 1 aromatic heterocycles. The van der Waals surface area contributed by atoms with Crippen molar-refractivity contribution in [3.63, 3.8) is 0 Å². The van der Waals surface area contributed by atoms with Gasteiger partial charge in [-0.2, -0.15) is 0 Å². The van der Waals surface area contributed by atoms with Gasteiger partial charge in [-0.1, -0.05) is 19.3 Å². The Morgan fingerprint density at radius 2 is 2.05 bits per heavy atom. The molecule has 1 spiro atoms. The van der Waals surface area contributed by atoms with Crippen LogP contribution in [-0.2, 0) is 11.3 Å². The summed E-state index contributed by atoms with van der Waals surface area (Å²) in [5.41, 5.74) is 0.190. The molecule has 104 valence electrons. The van der Waals surface area contributed by atoms with Gasteiger partial charge in [0.2, 0.25) is 0 Å². The zero-order valence-electron chi connectivity index (χ0n) is 11.1. The normalized spacial score (nSPS) is 25.8. The minimum Gasteiger partial charge on any atom is -0.370 e. The number of ether oxygens (including phenoxy) is 1. The molecule has 1 aromatic rings. The Kier molecular flexibility index (Phi) is 3.81. The smallest absolute Gasteiger partial charge is 0.250 e. The maximum Gasteiger partial charge on any atom is 0.250 e. The SMILES string of the molecule is O=c1ccc(Br)cn1CC1CCC2(CCCCC2)O1. The lowest BCUT2D eigenvalue weighted by molar-refractivity contribution is -0.0682. The third-order valence-corrected chi connectivity index (χ3v) is 4.92. The van der Waals surface area contributed by atoms with Crippen LogP contribution in [-0.4, -0.2) is 16.3 Å². The molecule has 2 aliphatic rings. The molecular formula is C15H20BrNO2. The quantitative estimate of drug-likeness (QED) is 0.833. The summed E-state index contributed by atoms with van der Waals surface area (Å²) in [6.07, 6.45) is 10.7. The van der Waals surface area contributed by atoms with Crippen LogP contribution < -0.4 is 5.56 Å². The molecule has 1 saturated carbocycles. The lowest BCUT2D eigenvalue weighted by Crippen LogP contribution is -2.33. The van der Waals surface area contributed by atoms with Gasteiger partial charge in [-0.15, -0.1) is 0 Å². The van der Waals surface area contributed by atoms with Gasteiger partial charge < -0.3 is 9.30 Å². The van der Waals surface area contributed by atoms with Gasteiger partial charge >= 0.3 is 0 Å².